The molecule has 6 nitrogen and oxygen atoms in total. The summed E-state index contributed by atoms with van der Waals surface area (Å²) in [5.41, 5.74) is 0.933. The highest BCUT2D eigenvalue weighted by Crippen LogP contribution is 2.21. The first kappa shape index (κ1) is 23.2. The SMILES string of the molecule is CC(C)C(NC(=O)c1c(F)cccc1F)C(=O)NC1CCN(c2ccc(C#N)cc2)CC1. The van der Waals surface area contributed by atoms with E-state index in [0.29, 0.717) is 18.4 Å². The van der Waals surface area contributed by atoms with Gasteiger partial charge in [-0.15, -0.1) is 0 Å². The maximum absolute atomic E-state index is 13.9. The van der Waals surface area contributed by atoms with Crippen LogP contribution in [-0.4, -0.2) is 37.0 Å². The quantitative estimate of drug-likeness (QED) is 0.721. The summed E-state index contributed by atoms with van der Waals surface area (Å²) in [6.07, 6.45) is 1.43. The molecule has 0 radical (unpaired) electrons. The fourth-order valence-electron chi connectivity index (χ4n) is 3.78. The number of anilines is 1. The Kier molecular flexibility index (Phi) is 7.41. The van der Waals surface area contributed by atoms with Crippen LogP contribution in [0.3, 0.4) is 0 Å². The summed E-state index contributed by atoms with van der Waals surface area (Å²) < 4.78 is 27.8. The van der Waals surface area contributed by atoms with Gasteiger partial charge in [0.25, 0.3) is 5.91 Å². The van der Waals surface area contributed by atoms with Crippen LogP contribution in [0.15, 0.2) is 42.5 Å². The lowest BCUT2D eigenvalue weighted by Crippen LogP contribution is -2.54. The van der Waals surface area contributed by atoms with Crippen LogP contribution in [0.25, 0.3) is 0 Å². The predicted molar refractivity (Wildman–Crippen MR) is 117 cm³/mol. The van der Waals surface area contributed by atoms with Crippen LogP contribution < -0.4 is 15.5 Å². The van der Waals surface area contributed by atoms with Crippen molar-refractivity contribution in [3.63, 3.8) is 0 Å². The Morgan fingerprint density at radius 2 is 1.66 bits per heavy atom. The van der Waals surface area contributed by atoms with Crippen molar-refractivity contribution in [1.82, 2.24) is 10.6 Å². The van der Waals surface area contributed by atoms with Gasteiger partial charge >= 0.3 is 0 Å². The van der Waals surface area contributed by atoms with E-state index in [0.717, 1.165) is 30.9 Å². The lowest BCUT2D eigenvalue weighted by atomic mass is 9.99. The van der Waals surface area contributed by atoms with Gasteiger partial charge in [-0.2, -0.15) is 5.26 Å². The third kappa shape index (κ3) is 5.41. The highest BCUT2D eigenvalue weighted by molar-refractivity contribution is 5.98. The largest absolute Gasteiger partial charge is 0.371 e. The Bertz CT molecular complexity index is 989. The van der Waals surface area contributed by atoms with Gasteiger partial charge in [0, 0.05) is 24.8 Å². The molecular weight excluding hydrogens is 414 g/mol. The molecule has 32 heavy (non-hydrogen) atoms. The highest BCUT2D eigenvalue weighted by atomic mass is 19.1. The summed E-state index contributed by atoms with van der Waals surface area (Å²) >= 11 is 0. The van der Waals surface area contributed by atoms with Gasteiger partial charge in [-0.25, -0.2) is 8.78 Å². The van der Waals surface area contributed by atoms with Crippen molar-refractivity contribution < 1.29 is 18.4 Å². The maximum Gasteiger partial charge on any atom is 0.257 e. The molecule has 1 atom stereocenters. The molecule has 0 saturated carbocycles. The minimum atomic E-state index is -0.972. The van der Waals surface area contributed by atoms with E-state index in [9.17, 15) is 18.4 Å². The first-order chi connectivity index (χ1) is 15.3. The number of nitrogens with zero attached hydrogens (tertiary/aromatic N) is 2. The molecule has 2 aromatic carbocycles. The van der Waals surface area contributed by atoms with Gasteiger partial charge in [-0.05, 0) is 55.2 Å². The van der Waals surface area contributed by atoms with E-state index in [1.54, 1.807) is 26.0 Å². The lowest BCUT2D eigenvalue weighted by Gasteiger charge is -2.35. The molecule has 0 aromatic heterocycles. The molecule has 1 heterocycles. The minimum Gasteiger partial charge on any atom is -0.371 e. The molecule has 3 rings (SSSR count). The van der Waals surface area contributed by atoms with Gasteiger partial charge in [0.1, 0.15) is 23.2 Å². The third-order valence-corrected chi connectivity index (χ3v) is 5.63. The first-order valence-electron chi connectivity index (χ1n) is 10.6. The smallest absolute Gasteiger partial charge is 0.257 e. The lowest BCUT2D eigenvalue weighted by molar-refractivity contribution is -0.124. The van der Waals surface area contributed by atoms with Crippen LogP contribution in [-0.2, 0) is 4.79 Å². The number of hydrogen-bond donors (Lipinski definition) is 2. The number of nitriles is 1. The van der Waals surface area contributed by atoms with Crippen molar-refractivity contribution in [2.45, 2.75) is 38.8 Å². The number of benzene rings is 2. The average molecular weight is 440 g/mol. The van der Waals surface area contributed by atoms with Crippen molar-refractivity contribution in [2.24, 2.45) is 5.92 Å². The monoisotopic (exact) mass is 440 g/mol. The molecular formula is C24H26F2N4O2. The van der Waals surface area contributed by atoms with Crippen molar-refractivity contribution in [2.75, 3.05) is 18.0 Å². The number of carbonyl (C=O) groups excluding carboxylic acids is 2. The average Bonchev–Trinajstić information content (AvgIpc) is 2.77. The second-order valence-electron chi connectivity index (χ2n) is 8.22. The van der Waals surface area contributed by atoms with E-state index in [-0.39, 0.29) is 17.9 Å². The van der Waals surface area contributed by atoms with E-state index < -0.39 is 29.1 Å². The van der Waals surface area contributed by atoms with E-state index in [1.807, 2.05) is 12.1 Å². The summed E-state index contributed by atoms with van der Waals surface area (Å²) in [7, 11) is 0. The Morgan fingerprint density at radius 3 is 2.19 bits per heavy atom. The zero-order chi connectivity index (χ0) is 23.3. The molecule has 0 bridgehead atoms. The van der Waals surface area contributed by atoms with Gasteiger partial charge in [-0.3, -0.25) is 9.59 Å². The van der Waals surface area contributed by atoms with Gasteiger partial charge in [0.2, 0.25) is 5.91 Å². The molecule has 0 spiro atoms. The minimum absolute atomic E-state index is 0.0690. The van der Waals surface area contributed by atoms with Gasteiger partial charge in [-0.1, -0.05) is 19.9 Å². The molecule has 1 aliphatic rings. The highest BCUT2D eigenvalue weighted by Gasteiger charge is 2.29. The second kappa shape index (κ2) is 10.2. The van der Waals surface area contributed by atoms with Gasteiger partial charge in [0.05, 0.1) is 11.6 Å². The summed E-state index contributed by atoms with van der Waals surface area (Å²) in [5.74, 6) is -3.54. The zero-order valence-electron chi connectivity index (χ0n) is 18.1. The standard InChI is InChI=1S/C24H26F2N4O2/c1-15(2)22(29-23(31)21-19(25)4-3-5-20(21)26)24(32)28-17-10-12-30(13-11-17)18-8-6-16(14-27)7-9-18/h3-9,15,17,22H,10-13H2,1-2H3,(H,28,32)(H,29,31). The van der Waals surface area contributed by atoms with Crippen LogP contribution in [0.2, 0.25) is 0 Å². The Balaban J connectivity index is 1.58. The van der Waals surface area contributed by atoms with Crippen LogP contribution in [0.1, 0.15) is 42.6 Å². The number of halogens is 2. The normalized spacial score (nSPS) is 15.2. The molecule has 2 amide bonds. The van der Waals surface area contributed by atoms with E-state index in [4.69, 9.17) is 5.26 Å². The van der Waals surface area contributed by atoms with Crippen molar-refractivity contribution in [1.29, 1.82) is 5.26 Å². The molecule has 8 heteroatoms. The molecule has 1 unspecified atom stereocenters. The summed E-state index contributed by atoms with van der Waals surface area (Å²) in [5, 5.41) is 14.4. The van der Waals surface area contributed by atoms with Crippen molar-refractivity contribution in [3.05, 3.63) is 65.2 Å². The molecule has 1 fully saturated rings. The summed E-state index contributed by atoms with van der Waals surface area (Å²) in [6.45, 7) is 4.98. The van der Waals surface area contributed by atoms with Crippen LogP contribution >= 0.6 is 0 Å². The summed E-state index contributed by atoms with van der Waals surface area (Å²) in [4.78, 5) is 27.5. The number of carbonyl (C=O) groups is 2. The van der Waals surface area contributed by atoms with Crippen molar-refractivity contribution in [3.8, 4) is 6.07 Å². The number of hydrogen-bond acceptors (Lipinski definition) is 4. The number of nitrogens with one attached hydrogen (secondary N) is 2. The Hall–Kier alpha value is -3.47. The van der Waals surface area contributed by atoms with E-state index in [1.165, 1.54) is 6.07 Å². The van der Waals surface area contributed by atoms with Gasteiger partial charge in [0.15, 0.2) is 0 Å². The van der Waals surface area contributed by atoms with E-state index >= 15 is 0 Å². The Labute approximate surface area is 186 Å². The first-order valence-corrected chi connectivity index (χ1v) is 10.6. The molecule has 2 aromatic rings. The van der Waals surface area contributed by atoms with Gasteiger partial charge < -0.3 is 15.5 Å². The number of rotatable bonds is 6. The second-order valence-corrected chi connectivity index (χ2v) is 8.22. The predicted octanol–water partition coefficient (Wildman–Crippen LogP) is 3.38. The fourth-order valence-corrected chi connectivity index (χ4v) is 3.78. The molecule has 168 valence electrons. The maximum atomic E-state index is 13.9. The third-order valence-electron chi connectivity index (χ3n) is 5.63. The molecule has 0 aliphatic carbocycles. The van der Waals surface area contributed by atoms with Crippen LogP contribution in [0.5, 0.6) is 0 Å². The number of piperidine rings is 1. The zero-order valence-corrected chi connectivity index (χ0v) is 18.1. The van der Waals surface area contributed by atoms with Crippen molar-refractivity contribution >= 4 is 17.5 Å². The van der Waals surface area contributed by atoms with Crippen LogP contribution in [0, 0.1) is 28.9 Å². The van der Waals surface area contributed by atoms with Crippen LogP contribution in [0.4, 0.5) is 14.5 Å². The number of amides is 2. The summed E-state index contributed by atoms with van der Waals surface area (Å²) in [6, 6.07) is 11.7. The molecule has 1 aliphatic heterocycles. The molecule has 2 N–H and O–H groups in total. The Morgan fingerprint density at radius 1 is 1.06 bits per heavy atom. The van der Waals surface area contributed by atoms with E-state index in [2.05, 4.69) is 21.6 Å². The topological polar surface area (TPSA) is 85.2 Å². The fraction of sp³-hybridized carbons (Fsp3) is 0.375. The molecule has 1 saturated heterocycles.